The number of carbonyl (C=O) groups excluding carboxylic acids is 1. The van der Waals surface area contributed by atoms with Crippen LogP contribution in [0.5, 0.6) is 0 Å². The molecule has 0 aliphatic heterocycles. The Hall–Kier alpha value is -2.77. The van der Waals surface area contributed by atoms with E-state index in [9.17, 15) is 14.4 Å². The van der Waals surface area contributed by atoms with Gasteiger partial charge in [0.25, 0.3) is 5.56 Å². The second-order valence-corrected chi connectivity index (χ2v) is 6.33. The van der Waals surface area contributed by atoms with Crippen LogP contribution in [0.4, 0.5) is 0 Å². The number of aliphatic carboxylic acids is 1. The highest BCUT2D eigenvalue weighted by molar-refractivity contribution is 5.83. The fourth-order valence-electron chi connectivity index (χ4n) is 2.52. The molecule has 1 heterocycles. The minimum Gasteiger partial charge on any atom is -0.480 e. The van der Waals surface area contributed by atoms with Crippen LogP contribution in [0.15, 0.2) is 29.1 Å². The van der Waals surface area contributed by atoms with Crippen molar-refractivity contribution < 1.29 is 14.7 Å². The van der Waals surface area contributed by atoms with E-state index in [-0.39, 0.29) is 30.3 Å². The second-order valence-electron chi connectivity index (χ2n) is 6.33. The first-order chi connectivity index (χ1) is 11.9. The third-order valence-electron chi connectivity index (χ3n) is 3.74. The summed E-state index contributed by atoms with van der Waals surface area (Å²) in [6.07, 6.45) is 0.853. The maximum absolute atomic E-state index is 12.3. The number of carboxylic acids is 1. The van der Waals surface area contributed by atoms with Gasteiger partial charge in [-0.2, -0.15) is 0 Å². The monoisotopic (exact) mass is 346 g/mol. The van der Waals surface area contributed by atoms with Crippen LogP contribution in [-0.4, -0.2) is 38.0 Å². The predicted molar refractivity (Wildman–Crippen MR) is 92.1 cm³/mol. The second kappa shape index (κ2) is 8.36. The lowest BCUT2D eigenvalue weighted by Crippen LogP contribution is -2.41. The molecule has 2 N–H and O–H groups in total. The summed E-state index contributed by atoms with van der Waals surface area (Å²) in [7, 11) is 0. The Morgan fingerprint density at radius 3 is 2.68 bits per heavy atom. The number of carboxylic acid groups (broad SMARTS) is 1. The van der Waals surface area contributed by atoms with E-state index in [0.717, 1.165) is 0 Å². The van der Waals surface area contributed by atoms with Crippen molar-refractivity contribution in [3.63, 3.8) is 0 Å². The van der Waals surface area contributed by atoms with Crippen molar-refractivity contribution in [2.24, 2.45) is 5.92 Å². The molecule has 1 atom stereocenters. The molecule has 0 bridgehead atoms. The minimum absolute atomic E-state index is 0.114. The molecule has 2 rings (SSSR count). The number of amides is 1. The number of fused-ring (bicyclic) bond motifs is 1. The van der Waals surface area contributed by atoms with E-state index in [4.69, 9.17) is 5.11 Å². The van der Waals surface area contributed by atoms with E-state index in [1.807, 2.05) is 13.8 Å². The molecule has 0 aliphatic carbocycles. The van der Waals surface area contributed by atoms with Gasteiger partial charge in [0.2, 0.25) is 5.91 Å². The summed E-state index contributed by atoms with van der Waals surface area (Å²) < 4.78 is 1.22. The third-order valence-corrected chi connectivity index (χ3v) is 3.74. The van der Waals surface area contributed by atoms with E-state index in [2.05, 4.69) is 15.6 Å². The van der Waals surface area contributed by atoms with Crippen LogP contribution in [0, 0.1) is 5.92 Å². The molecule has 25 heavy (non-hydrogen) atoms. The number of carbonyl (C=O) groups is 2. The van der Waals surface area contributed by atoms with E-state index in [1.165, 1.54) is 4.68 Å². The van der Waals surface area contributed by atoms with Crippen molar-refractivity contribution in [2.75, 3.05) is 0 Å². The molecule has 2 aromatic rings. The van der Waals surface area contributed by atoms with Crippen molar-refractivity contribution in [2.45, 2.75) is 45.7 Å². The summed E-state index contributed by atoms with van der Waals surface area (Å²) in [6.45, 7) is 4.03. The first-order valence-electron chi connectivity index (χ1n) is 8.23. The van der Waals surface area contributed by atoms with Crippen LogP contribution in [-0.2, 0) is 16.1 Å². The molecule has 0 fully saturated rings. The summed E-state index contributed by atoms with van der Waals surface area (Å²) in [6, 6.07) is 6.03. The zero-order chi connectivity index (χ0) is 18.4. The van der Waals surface area contributed by atoms with Gasteiger partial charge in [-0.25, -0.2) is 9.48 Å². The lowest BCUT2D eigenvalue weighted by Gasteiger charge is -2.16. The van der Waals surface area contributed by atoms with E-state index < -0.39 is 12.0 Å². The van der Waals surface area contributed by atoms with E-state index >= 15 is 0 Å². The lowest BCUT2D eigenvalue weighted by atomic mass is 10.0. The fourth-order valence-corrected chi connectivity index (χ4v) is 2.52. The minimum atomic E-state index is -1.04. The summed E-state index contributed by atoms with van der Waals surface area (Å²) in [5.74, 6) is -1.23. The molecule has 1 aromatic heterocycles. The quantitative estimate of drug-likeness (QED) is 0.742. The molecular formula is C17H22N4O4. The Kier molecular flexibility index (Phi) is 6.21. The third kappa shape index (κ3) is 5.10. The molecule has 0 unspecified atom stereocenters. The number of hydrogen-bond acceptors (Lipinski definition) is 5. The Labute approximate surface area is 144 Å². The summed E-state index contributed by atoms with van der Waals surface area (Å²) >= 11 is 0. The van der Waals surface area contributed by atoms with Crippen LogP contribution in [0.1, 0.15) is 33.1 Å². The smallest absolute Gasteiger partial charge is 0.326 e. The maximum atomic E-state index is 12.3. The molecular weight excluding hydrogens is 324 g/mol. The topological polar surface area (TPSA) is 114 Å². The van der Waals surface area contributed by atoms with Gasteiger partial charge in [0.1, 0.15) is 11.6 Å². The van der Waals surface area contributed by atoms with Crippen LogP contribution >= 0.6 is 0 Å². The summed E-state index contributed by atoms with van der Waals surface area (Å²) in [5, 5.41) is 20.0. The van der Waals surface area contributed by atoms with Gasteiger partial charge in [-0.1, -0.05) is 31.2 Å². The lowest BCUT2D eigenvalue weighted by molar-refractivity contribution is -0.142. The Morgan fingerprint density at radius 2 is 2.00 bits per heavy atom. The van der Waals surface area contributed by atoms with Gasteiger partial charge >= 0.3 is 5.97 Å². The number of nitrogens with zero attached hydrogens (tertiary/aromatic N) is 3. The first-order valence-corrected chi connectivity index (χ1v) is 8.23. The van der Waals surface area contributed by atoms with Crippen LogP contribution in [0.3, 0.4) is 0 Å². The number of rotatable bonds is 8. The zero-order valence-corrected chi connectivity index (χ0v) is 14.3. The fraction of sp³-hybridized carbons (Fsp3) is 0.471. The Balaban J connectivity index is 1.92. The largest absolute Gasteiger partial charge is 0.480 e. The predicted octanol–water partition coefficient (Wildman–Crippen LogP) is 1.19. The average Bonchev–Trinajstić information content (AvgIpc) is 2.56. The standard InChI is InChI=1S/C17H22N4O4/c1-11(2)10-14(17(24)25)18-15(22)8-5-9-21-16(23)12-6-3-4-7-13(12)19-20-21/h3-4,6-7,11,14H,5,8-10H2,1-2H3,(H,18,22)(H,24,25)/t14-/m0/s1. The molecule has 134 valence electrons. The highest BCUT2D eigenvalue weighted by atomic mass is 16.4. The van der Waals surface area contributed by atoms with Crippen LogP contribution in [0.2, 0.25) is 0 Å². The van der Waals surface area contributed by atoms with Gasteiger partial charge < -0.3 is 10.4 Å². The van der Waals surface area contributed by atoms with E-state index in [1.54, 1.807) is 24.3 Å². The van der Waals surface area contributed by atoms with Crippen molar-refractivity contribution in [3.8, 4) is 0 Å². The molecule has 8 nitrogen and oxygen atoms in total. The molecule has 1 amide bonds. The molecule has 0 saturated heterocycles. The highest BCUT2D eigenvalue weighted by Crippen LogP contribution is 2.06. The van der Waals surface area contributed by atoms with Gasteiger partial charge in [-0.05, 0) is 30.9 Å². The normalized spacial score (nSPS) is 12.3. The van der Waals surface area contributed by atoms with Gasteiger partial charge in [0, 0.05) is 13.0 Å². The summed E-state index contributed by atoms with van der Waals surface area (Å²) in [4.78, 5) is 35.4. The number of benzene rings is 1. The van der Waals surface area contributed by atoms with Gasteiger partial charge in [-0.3, -0.25) is 9.59 Å². The summed E-state index contributed by atoms with van der Waals surface area (Å²) in [5.41, 5.74) is 0.272. The number of aryl methyl sites for hydroxylation is 1. The van der Waals surface area contributed by atoms with Gasteiger partial charge in [-0.15, -0.1) is 5.10 Å². The molecule has 0 saturated carbocycles. The molecule has 1 aromatic carbocycles. The van der Waals surface area contributed by atoms with Crippen molar-refractivity contribution in [1.29, 1.82) is 0 Å². The van der Waals surface area contributed by atoms with Gasteiger partial charge in [0.05, 0.1) is 5.39 Å². The number of aromatic nitrogens is 3. The van der Waals surface area contributed by atoms with Crippen molar-refractivity contribution in [1.82, 2.24) is 20.3 Å². The average molecular weight is 346 g/mol. The Morgan fingerprint density at radius 1 is 1.28 bits per heavy atom. The van der Waals surface area contributed by atoms with Crippen LogP contribution < -0.4 is 10.9 Å². The molecule has 0 aliphatic rings. The maximum Gasteiger partial charge on any atom is 0.326 e. The highest BCUT2D eigenvalue weighted by Gasteiger charge is 2.20. The Bertz CT molecular complexity index is 816. The number of nitrogens with one attached hydrogen (secondary N) is 1. The first kappa shape index (κ1) is 18.6. The molecule has 0 spiro atoms. The SMILES string of the molecule is CC(C)C[C@H](NC(=O)CCCn1nnc2ccccc2c1=O)C(=O)O. The van der Waals surface area contributed by atoms with Crippen LogP contribution in [0.25, 0.3) is 10.9 Å². The molecule has 8 heteroatoms. The zero-order valence-electron chi connectivity index (χ0n) is 14.3. The van der Waals surface area contributed by atoms with E-state index in [0.29, 0.717) is 23.7 Å². The molecule has 0 radical (unpaired) electrons. The number of hydrogen-bond donors (Lipinski definition) is 2. The van der Waals surface area contributed by atoms with Gasteiger partial charge in [0.15, 0.2) is 0 Å². The van der Waals surface area contributed by atoms with Crippen molar-refractivity contribution >= 4 is 22.8 Å². The van der Waals surface area contributed by atoms with Crippen molar-refractivity contribution in [3.05, 3.63) is 34.6 Å².